The van der Waals surface area contributed by atoms with Gasteiger partial charge in [-0.2, -0.15) is 0 Å². The maximum absolute atomic E-state index is 11.7. The van der Waals surface area contributed by atoms with E-state index in [2.05, 4.69) is 16.0 Å². The molecule has 5 nitrogen and oxygen atoms in total. The van der Waals surface area contributed by atoms with E-state index < -0.39 is 0 Å². The van der Waals surface area contributed by atoms with E-state index in [-0.39, 0.29) is 36.7 Å². The van der Waals surface area contributed by atoms with Crippen LogP contribution in [-0.2, 0) is 9.59 Å². The summed E-state index contributed by atoms with van der Waals surface area (Å²) in [5.41, 5.74) is 0.735. The number of hydrogen-bond donors (Lipinski definition) is 3. The van der Waals surface area contributed by atoms with Gasteiger partial charge in [0.15, 0.2) is 0 Å². The molecule has 1 heterocycles. The van der Waals surface area contributed by atoms with Crippen LogP contribution in [0.25, 0.3) is 0 Å². The van der Waals surface area contributed by atoms with Crippen LogP contribution in [0.15, 0.2) is 30.3 Å². The lowest BCUT2D eigenvalue weighted by Gasteiger charge is -2.10. The number of carbonyl (C=O) groups is 2. The molecule has 0 aliphatic carbocycles. The summed E-state index contributed by atoms with van der Waals surface area (Å²) in [6.07, 6.45) is 0.839. The smallest absolute Gasteiger partial charge is 0.243 e. The van der Waals surface area contributed by atoms with E-state index in [1.54, 1.807) is 12.1 Å². The lowest BCUT2D eigenvalue weighted by Crippen LogP contribution is -2.37. The molecular formula is C13H18ClN3O2. The number of nitrogens with one attached hydrogen (secondary N) is 3. The van der Waals surface area contributed by atoms with E-state index in [4.69, 9.17) is 0 Å². The van der Waals surface area contributed by atoms with Crippen LogP contribution in [0.1, 0.15) is 6.42 Å². The molecule has 19 heavy (non-hydrogen) atoms. The molecule has 0 spiro atoms. The third-order valence-electron chi connectivity index (χ3n) is 2.91. The van der Waals surface area contributed by atoms with E-state index in [1.165, 1.54) is 0 Å². The summed E-state index contributed by atoms with van der Waals surface area (Å²) in [5, 5.41) is 8.49. The molecule has 3 N–H and O–H groups in total. The Morgan fingerprint density at radius 2 is 2.00 bits per heavy atom. The number of halogens is 1. The molecule has 6 heteroatoms. The van der Waals surface area contributed by atoms with E-state index in [1.807, 2.05) is 18.2 Å². The molecule has 1 unspecified atom stereocenters. The highest BCUT2D eigenvalue weighted by Gasteiger charge is 2.22. The highest BCUT2D eigenvalue weighted by atomic mass is 35.5. The molecule has 0 bridgehead atoms. The number of anilines is 1. The van der Waals surface area contributed by atoms with Crippen LogP contribution in [-0.4, -0.2) is 31.4 Å². The van der Waals surface area contributed by atoms with Crippen LogP contribution >= 0.6 is 12.4 Å². The second kappa shape index (κ2) is 7.76. The van der Waals surface area contributed by atoms with Crippen molar-refractivity contribution in [3.63, 3.8) is 0 Å². The van der Waals surface area contributed by atoms with Crippen LogP contribution in [0, 0.1) is 5.92 Å². The number of hydrogen-bond acceptors (Lipinski definition) is 3. The van der Waals surface area contributed by atoms with E-state index in [0.29, 0.717) is 6.54 Å². The zero-order chi connectivity index (χ0) is 12.8. The Morgan fingerprint density at radius 1 is 1.26 bits per heavy atom. The molecule has 1 saturated heterocycles. The van der Waals surface area contributed by atoms with Crippen molar-refractivity contribution in [1.82, 2.24) is 10.6 Å². The van der Waals surface area contributed by atoms with Gasteiger partial charge in [-0.15, -0.1) is 12.4 Å². The van der Waals surface area contributed by atoms with Crippen molar-refractivity contribution in [3.8, 4) is 0 Å². The molecule has 0 aromatic heterocycles. The first-order chi connectivity index (χ1) is 8.75. The first-order valence-corrected chi connectivity index (χ1v) is 6.09. The first kappa shape index (κ1) is 15.5. The van der Waals surface area contributed by atoms with Crippen molar-refractivity contribution in [2.24, 2.45) is 5.92 Å². The summed E-state index contributed by atoms with van der Waals surface area (Å²) < 4.78 is 0. The summed E-state index contributed by atoms with van der Waals surface area (Å²) in [7, 11) is 0. The molecule has 1 aliphatic rings. The predicted molar refractivity (Wildman–Crippen MR) is 76.3 cm³/mol. The van der Waals surface area contributed by atoms with Gasteiger partial charge in [-0.3, -0.25) is 9.59 Å². The summed E-state index contributed by atoms with van der Waals surface area (Å²) in [6.45, 7) is 1.59. The fraction of sp³-hybridized carbons (Fsp3) is 0.385. The summed E-state index contributed by atoms with van der Waals surface area (Å²) >= 11 is 0. The lowest BCUT2D eigenvalue weighted by atomic mass is 10.1. The van der Waals surface area contributed by atoms with Gasteiger partial charge in [0.05, 0.1) is 12.5 Å². The molecule has 0 radical (unpaired) electrons. The molecule has 2 amide bonds. The van der Waals surface area contributed by atoms with Gasteiger partial charge in [0.2, 0.25) is 11.8 Å². The molecular weight excluding hydrogens is 266 g/mol. The second-order valence-corrected chi connectivity index (χ2v) is 4.32. The quantitative estimate of drug-likeness (QED) is 0.764. The van der Waals surface area contributed by atoms with E-state index >= 15 is 0 Å². The van der Waals surface area contributed by atoms with Crippen LogP contribution < -0.4 is 16.0 Å². The largest absolute Gasteiger partial charge is 0.347 e. The number of rotatable bonds is 4. The van der Waals surface area contributed by atoms with E-state index in [9.17, 15) is 9.59 Å². The minimum Gasteiger partial charge on any atom is -0.347 e. The maximum atomic E-state index is 11.7. The molecule has 1 atom stereocenters. The van der Waals surface area contributed by atoms with Crippen LogP contribution in [0.2, 0.25) is 0 Å². The van der Waals surface area contributed by atoms with Crippen LogP contribution in [0.5, 0.6) is 0 Å². The van der Waals surface area contributed by atoms with E-state index in [0.717, 1.165) is 18.7 Å². The number of para-hydroxylation sites is 1. The highest BCUT2D eigenvalue weighted by Crippen LogP contribution is 2.07. The Bertz CT molecular complexity index is 419. The molecule has 1 fully saturated rings. The Labute approximate surface area is 118 Å². The molecule has 1 aromatic rings. The standard InChI is InChI=1S/C13H17N3O2.ClH/c17-12(16-11-4-2-1-3-5-11)9-15-13(18)10-6-7-14-8-10;/h1-5,10,14H,6-9H2,(H,15,18)(H,16,17);1H. The fourth-order valence-electron chi connectivity index (χ4n) is 1.92. The number of amides is 2. The van der Waals surface area contributed by atoms with Gasteiger partial charge in [-0.25, -0.2) is 0 Å². The SMILES string of the molecule is Cl.O=C(CNC(=O)C1CCNC1)Nc1ccccc1. The lowest BCUT2D eigenvalue weighted by molar-refractivity contribution is -0.126. The average Bonchev–Trinajstić information content (AvgIpc) is 2.91. The monoisotopic (exact) mass is 283 g/mol. The van der Waals surface area contributed by atoms with Gasteiger partial charge in [0.25, 0.3) is 0 Å². The van der Waals surface area contributed by atoms with Gasteiger partial charge in [-0.1, -0.05) is 18.2 Å². The molecule has 104 valence electrons. The third kappa shape index (κ3) is 4.89. The number of carbonyl (C=O) groups excluding carboxylic acids is 2. The highest BCUT2D eigenvalue weighted by molar-refractivity contribution is 5.94. The average molecular weight is 284 g/mol. The molecule has 1 aromatic carbocycles. The van der Waals surface area contributed by atoms with Crippen molar-refractivity contribution < 1.29 is 9.59 Å². The molecule has 2 rings (SSSR count). The summed E-state index contributed by atoms with van der Waals surface area (Å²) in [6, 6.07) is 9.18. The van der Waals surface area contributed by atoms with Crippen molar-refractivity contribution in [2.75, 3.05) is 25.0 Å². The van der Waals surface area contributed by atoms with Gasteiger partial charge >= 0.3 is 0 Å². The maximum Gasteiger partial charge on any atom is 0.243 e. The van der Waals surface area contributed by atoms with Crippen molar-refractivity contribution in [1.29, 1.82) is 0 Å². The first-order valence-electron chi connectivity index (χ1n) is 6.09. The summed E-state index contributed by atoms with van der Waals surface area (Å²) in [5.74, 6) is -0.266. The van der Waals surface area contributed by atoms with Crippen LogP contribution in [0.4, 0.5) is 5.69 Å². The van der Waals surface area contributed by atoms with Crippen molar-refractivity contribution in [2.45, 2.75) is 6.42 Å². The fourth-order valence-corrected chi connectivity index (χ4v) is 1.92. The zero-order valence-electron chi connectivity index (χ0n) is 10.5. The minimum atomic E-state index is -0.208. The Balaban J connectivity index is 0.00000180. The second-order valence-electron chi connectivity index (χ2n) is 4.32. The van der Waals surface area contributed by atoms with Gasteiger partial charge in [0, 0.05) is 12.2 Å². The van der Waals surface area contributed by atoms with Gasteiger partial charge in [0.1, 0.15) is 0 Å². The predicted octanol–water partition coefficient (Wildman–Crippen LogP) is 0.773. The van der Waals surface area contributed by atoms with Crippen LogP contribution in [0.3, 0.4) is 0 Å². The Morgan fingerprint density at radius 3 is 2.63 bits per heavy atom. The minimum absolute atomic E-state index is 0. The summed E-state index contributed by atoms with van der Waals surface area (Å²) in [4.78, 5) is 23.3. The van der Waals surface area contributed by atoms with Crippen molar-refractivity contribution >= 4 is 29.9 Å². The zero-order valence-corrected chi connectivity index (χ0v) is 11.3. The van der Waals surface area contributed by atoms with Crippen molar-refractivity contribution in [3.05, 3.63) is 30.3 Å². The van der Waals surface area contributed by atoms with Gasteiger partial charge in [-0.05, 0) is 25.1 Å². The third-order valence-corrected chi connectivity index (χ3v) is 2.91. The van der Waals surface area contributed by atoms with Gasteiger partial charge < -0.3 is 16.0 Å². The normalized spacial score (nSPS) is 17.4. The topological polar surface area (TPSA) is 70.2 Å². The Kier molecular flexibility index (Phi) is 6.32. The molecule has 0 saturated carbocycles. The molecule has 1 aliphatic heterocycles. The number of benzene rings is 1. The Hall–Kier alpha value is -1.59.